The SMILES string of the molecule is Cc1ccn2ncc(C(=O)N3CCNCC3c3cccc(Cl)c3)c2n1.Cl. The molecule has 0 bridgehead atoms. The van der Waals surface area contributed by atoms with Gasteiger partial charge in [-0.1, -0.05) is 23.7 Å². The zero-order valence-electron chi connectivity index (χ0n) is 14.2. The number of amides is 1. The monoisotopic (exact) mass is 391 g/mol. The third-order valence-electron chi connectivity index (χ3n) is 4.48. The first-order valence-electron chi connectivity index (χ1n) is 8.21. The molecule has 26 heavy (non-hydrogen) atoms. The van der Waals surface area contributed by atoms with Crippen LogP contribution in [0.2, 0.25) is 5.02 Å². The minimum atomic E-state index is -0.0697. The van der Waals surface area contributed by atoms with Crippen molar-refractivity contribution in [2.45, 2.75) is 13.0 Å². The maximum atomic E-state index is 13.2. The Hall–Kier alpha value is -2.15. The van der Waals surface area contributed by atoms with Crippen LogP contribution in [-0.2, 0) is 0 Å². The molecule has 0 saturated carbocycles. The van der Waals surface area contributed by atoms with Crippen molar-refractivity contribution in [2.75, 3.05) is 19.6 Å². The molecule has 0 aliphatic carbocycles. The number of rotatable bonds is 2. The Bertz CT molecular complexity index is 942. The van der Waals surface area contributed by atoms with Crippen LogP contribution >= 0.6 is 24.0 Å². The summed E-state index contributed by atoms with van der Waals surface area (Å²) in [6.45, 7) is 3.98. The zero-order valence-corrected chi connectivity index (χ0v) is 15.8. The maximum Gasteiger partial charge on any atom is 0.259 e. The summed E-state index contributed by atoms with van der Waals surface area (Å²) in [6.07, 6.45) is 3.42. The van der Waals surface area contributed by atoms with E-state index in [9.17, 15) is 4.79 Å². The van der Waals surface area contributed by atoms with Crippen molar-refractivity contribution in [1.82, 2.24) is 24.8 Å². The number of halogens is 2. The van der Waals surface area contributed by atoms with Gasteiger partial charge in [-0.25, -0.2) is 9.50 Å². The lowest BCUT2D eigenvalue weighted by Crippen LogP contribution is -2.48. The number of aromatic nitrogens is 3. The standard InChI is InChI=1S/C18H18ClN5O.ClH/c1-12-5-7-24-17(22-12)15(10-21-24)18(25)23-8-6-20-11-16(23)13-3-2-4-14(19)9-13;/h2-5,7,9-10,16,20H,6,8,11H2,1H3;1H. The van der Waals surface area contributed by atoms with E-state index in [1.165, 1.54) is 0 Å². The van der Waals surface area contributed by atoms with Crippen molar-refractivity contribution in [2.24, 2.45) is 0 Å². The number of carbonyl (C=O) groups is 1. The fourth-order valence-electron chi connectivity index (χ4n) is 3.22. The van der Waals surface area contributed by atoms with Crippen molar-refractivity contribution >= 4 is 35.6 Å². The van der Waals surface area contributed by atoms with Gasteiger partial charge in [0.1, 0.15) is 5.56 Å². The van der Waals surface area contributed by atoms with Crippen molar-refractivity contribution < 1.29 is 4.79 Å². The average molecular weight is 392 g/mol. The molecule has 3 aromatic rings. The molecule has 4 rings (SSSR count). The molecular formula is C18H19Cl2N5O. The van der Waals surface area contributed by atoms with Crippen LogP contribution in [-0.4, -0.2) is 45.0 Å². The Morgan fingerprint density at radius 1 is 1.35 bits per heavy atom. The van der Waals surface area contributed by atoms with Gasteiger partial charge in [-0.15, -0.1) is 12.4 Å². The van der Waals surface area contributed by atoms with E-state index in [1.807, 2.05) is 48.4 Å². The van der Waals surface area contributed by atoms with Gasteiger partial charge in [0.15, 0.2) is 5.65 Å². The fraction of sp³-hybridized carbons (Fsp3) is 0.278. The predicted molar refractivity (Wildman–Crippen MR) is 103 cm³/mol. The topological polar surface area (TPSA) is 62.5 Å². The second-order valence-corrected chi connectivity index (χ2v) is 6.61. The number of hydrogen-bond donors (Lipinski definition) is 1. The molecule has 1 N–H and O–H groups in total. The minimum Gasteiger partial charge on any atom is -0.329 e. The largest absolute Gasteiger partial charge is 0.329 e. The summed E-state index contributed by atoms with van der Waals surface area (Å²) in [5.41, 5.74) is 2.99. The minimum absolute atomic E-state index is 0. The summed E-state index contributed by atoms with van der Waals surface area (Å²) in [5, 5.41) is 8.28. The number of piperazine rings is 1. The van der Waals surface area contributed by atoms with Gasteiger partial charge >= 0.3 is 0 Å². The van der Waals surface area contributed by atoms with Gasteiger partial charge in [0.25, 0.3) is 5.91 Å². The molecule has 1 aliphatic heterocycles. The molecule has 1 fully saturated rings. The van der Waals surface area contributed by atoms with E-state index in [0.29, 0.717) is 29.3 Å². The van der Waals surface area contributed by atoms with E-state index < -0.39 is 0 Å². The molecule has 0 radical (unpaired) electrons. The Kier molecular flexibility index (Phi) is 5.46. The normalized spacial score (nSPS) is 17.2. The third kappa shape index (κ3) is 3.40. The number of benzene rings is 1. The Morgan fingerprint density at radius 3 is 3.00 bits per heavy atom. The van der Waals surface area contributed by atoms with Crippen LogP contribution in [0.1, 0.15) is 27.7 Å². The van der Waals surface area contributed by atoms with Crippen LogP contribution < -0.4 is 5.32 Å². The van der Waals surface area contributed by atoms with Crippen LogP contribution in [0, 0.1) is 6.92 Å². The molecule has 6 nitrogen and oxygen atoms in total. The van der Waals surface area contributed by atoms with Gasteiger partial charge in [-0.2, -0.15) is 5.10 Å². The van der Waals surface area contributed by atoms with Gasteiger partial charge in [0.2, 0.25) is 0 Å². The molecule has 1 amide bonds. The van der Waals surface area contributed by atoms with E-state index in [1.54, 1.807) is 10.7 Å². The molecule has 2 aromatic heterocycles. The van der Waals surface area contributed by atoms with E-state index in [-0.39, 0.29) is 24.4 Å². The lowest BCUT2D eigenvalue weighted by molar-refractivity contribution is 0.0636. The molecule has 3 heterocycles. The van der Waals surface area contributed by atoms with E-state index in [0.717, 1.165) is 17.8 Å². The molecule has 1 aliphatic rings. The summed E-state index contributed by atoms with van der Waals surface area (Å²) in [6, 6.07) is 9.47. The predicted octanol–water partition coefficient (Wildman–Crippen LogP) is 2.90. The van der Waals surface area contributed by atoms with E-state index in [2.05, 4.69) is 15.4 Å². The molecule has 1 unspecified atom stereocenters. The molecule has 1 saturated heterocycles. The second-order valence-electron chi connectivity index (χ2n) is 6.17. The summed E-state index contributed by atoms with van der Waals surface area (Å²) >= 11 is 6.14. The summed E-state index contributed by atoms with van der Waals surface area (Å²) in [4.78, 5) is 19.6. The number of carbonyl (C=O) groups excluding carboxylic acids is 1. The molecule has 0 spiro atoms. The highest BCUT2D eigenvalue weighted by molar-refractivity contribution is 6.30. The van der Waals surface area contributed by atoms with Gasteiger partial charge in [-0.3, -0.25) is 4.79 Å². The van der Waals surface area contributed by atoms with Crippen molar-refractivity contribution in [3.05, 3.63) is 64.6 Å². The van der Waals surface area contributed by atoms with E-state index in [4.69, 9.17) is 11.6 Å². The van der Waals surface area contributed by atoms with Crippen LogP contribution in [0.15, 0.2) is 42.7 Å². The van der Waals surface area contributed by atoms with Crippen molar-refractivity contribution in [3.63, 3.8) is 0 Å². The third-order valence-corrected chi connectivity index (χ3v) is 4.71. The average Bonchev–Trinajstić information content (AvgIpc) is 3.04. The summed E-state index contributed by atoms with van der Waals surface area (Å²) in [5.74, 6) is -0.0559. The lowest BCUT2D eigenvalue weighted by Gasteiger charge is -2.36. The van der Waals surface area contributed by atoms with Crippen LogP contribution in [0.3, 0.4) is 0 Å². The zero-order chi connectivity index (χ0) is 17.4. The molecule has 8 heteroatoms. The van der Waals surface area contributed by atoms with Gasteiger partial charge in [0.05, 0.1) is 12.2 Å². The smallest absolute Gasteiger partial charge is 0.259 e. The number of nitrogens with zero attached hydrogens (tertiary/aromatic N) is 4. The van der Waals surface area contributed by atoms with Crippen molar-refractivity contribution in [3.8, 4) is 0 Å². The Labute approximate surface area is 162 Å². The number of aryl methyl sites for hydroxylation is 1. The Balaban J connectivity index is 0.00000196. The summed E-state index contributed by atoms with van der Waals surface area (Å²) in [7, 11) is 0. The number of nitrogens with one attached hydrogen (secondary N) is 1. The summed E-state index contributed by atoms with van der Waals surface area (Å²) < 4.78 is 1.64. The second kappa shape index (κ2) is 7.61. The maximum absolute atomic E-state index is 13.2. The van der Waals surface area contributed by atoms with Crippen LogP contribution in [0.4, 0.5) is 0 Å². The molecule has 1 atom stereocenters. The van der Waals surface area contributed by atoms with Crippen LogP contribution in [0.5, 0.6) is 0 Å². The Morgan fingerprint density at radius 2 is 2.19 bits per heavy atom. The fourth-order valence-corrected chi connectivity index (χ4v) is 3.42. The first-order chi connectivity index (χ1) is 12.1. The van der Waals surface area contributed by atoms with Crippen LogP contribution in [0.25, 0.3) is 5.65 Å². The highest BCUT2D eigenvalue weighted by Crippen LogP contribution is 2.27. The first kappa shape index (κ1) is 18.6. The lowest BCUT2D eigenvalue weighted by atomic mass is 10.0. The van der Waals surface area contributed by atoms with E-state index >= 15 is 0 Å². The van der Waals surface area contributed by atoms with Crippen molar-refractivity contribution in [1.29, 1.82) is 0 Å². The van der Waals surface area contributed by atoms with Gasteiger partial charge in [-0.05, 0) is 30.7 Å². The highest BCUT2D eigenvalue weighted by atomic mass is 35.5. The first-order valence-corrected chi connectivity index (χ1v) is 8.59. The van der Waals surface area contributed by atoms with Gasteiger partial charge < -0.3 is 10.2 Å². The molecule has 136 valence electrons. The van der Waals surface area contributed by atoms with Gasteiger partial charge in [0, 0.05) is 36.5 Å². The number of fused-ring (bicyclic) bond motifs is 1. The molecular weight excluding hydrogens is 373 g/mol. The quantitative estimate of drug-likeness (QED) is 0.729. The highest BCUT2D eigenvalue weighted by Gasteiger charge is 2.30. The number of hydrogen-bond acceptors (Lipinski definition) is 4. The molecule has 1 aromatic carbocycles.